The van der Waals surface area contributed by atoms with Gasteiger partial charge >= 0.3 is 0 Å². The molecule has 0 saturated heterocycles. The first kappa shape index (κ1) is 24.1. The molecule has 0 bridgehead atoms. The zero-order valence-electron chi connectivity index (χ0n) is 21.4. The summed E-state index contributed by atoms with van der Waals surface area (Å²) in [7, 11) is 0. The van der Waals surface area contributed by atoms with Crippen molar-refractivity contribution in [2.45, 2.75) is 124 Å². The van der Waals surface area contributed by atoms with Crippen LogP contribution in [0.3, 0.4) is 0 Å². The molecule has 180 valence electrons. The maximum Gasteiger partial charge on any atom is 0.0577 e. The molecule has 0 radical (unpaired) electrons. The average Bonchev–Trinajstić information content (AvgIpc) is 3.07. The average molecular weight is 433 g/mol. The predicted molar refractivity (Wildman–Crippen MR) is 130 cm³/mol. The zero-order chi connectivity index (χ0) is 22.6. The Morgan fingerprint density at radius 2 is 1.48 bits per heavy atom. The number of aliphatic hydroxyl groups is 2. The number of hydrogen-bond donors (Lipinski definition) is 2. The lowest BCUT2D eigenvalue weighted by Gasteiger charge is -2.62. The molecule has 0 aromatic carbocycles. The maximum atomic E-state index is 11.2. The van der Waals surface area contributed by atoms with Gasteiger partial charge in [0.25, 0.3) is 0 Å². The molecule has 4 aliphatic rings. The third kappa shape index (κ3) is 4.05. The topological polar surface area (TPSA) is 40.5 Å². The van der Waals surface area contributed by atoms with Crippen LogP contribution in [0.15, 0.2) is 0 Å². The lowest BCUT2D eigenvalue weighted by atomic mass is 9.43. The molecule has 0 aromatic rings. The van der Waals surface area contributed by atoms with Crippen LogP contribution in [0.4, 0.5) is 0 Å². The number of rotatable bonds is 6. The molecular weight excluding hydrogens is 380 g/mol. The highest BCUT2D eigenvalue weighted by Crippen LogP contribution is 2.68. The highest BCUT2D eigenvalue weighted by atomic mass is 16.3. The molecule has 4 rings (SSSR count). The van der Waals surface area contributed by atoms with E-state index in [4.69, 9.17) is 0 Å². The van der Waals surface area contributed by atoms with Crippen LogP contribution in [0.25, 0.3) is 0 Å². The molecule has 0 aromatic heterocycles. The quantitative estimate of drug-likeness (QED) is 0.471. The summed E-state index contributed by atoms with van der Waals surface area (Å²) in [6.45, 7) is 14.9. The van der Waals surface area contributed by atoms with Crippen molar-refractivity contribution in [3.63, 3.8) is 0 Å². The van der Waals surface area contributed by atoms with E-state index in [9.17, 15) is 10.2 Å². The standard InChI is InChI=1S/C29H52O2/c1-7-20(18(2)3)9-8-19(4)23-10-11-24-22-17-27(31)26-16-21(30)12-14-29(26,6)25(22)13-15-28(23,24)5/h18-27,30-31H,7-17H2,1-6H3/t19-,20-,21+,22+,23-,24+,25+,26+,27-,28-,29-/m1/s1. The van der Waals surface area contributed by atoms with Crippen molar-refractivity contribution < 1.29 is 10.2 Å². The van der Waals surface area contributed by atoms with E-state index in [0.717, 1.165) is 61.2 Å². The predicted octanol–water partition coefficient (Wildman–Crippen LogP) is 7.08. The Morgan fingerprint density at radius 1 is 0.806 bits per heavy atom. The fourth-order valence-corrected chi connectivity index (χ4v) is 9.94. The Kier molecular flexibility index (Phi) is 6.93. The molecule has 4 saturated carbocycles. The number of fused-ring (bicyclic) bond motifs is 5. The monoisotopic (exact) mass is 432 g/mol. The molecule has 0 aliphatic heterocycles. The minimum Gasteiger partial charge on any atom is -0.393 e. The number of hydrogen-bond acceptors (Lipinski definition) is 2. The summed E-state index contributed by atoms with van der Waals surface area (Å²) in [5.41, 5.74) is 0.732. The van der Waals surface area contributed by atoms with Crippen molar-refractivity contribution in [3.8, 4) is 0 Å². The van der Waals surface area contributed by atoms with E-state index in [1.165, 1.54) is 44.9 Å². The summed E-state index contributed by atoms with van der Waals surface area (Å²) in [5.74, 6) is 6.01. The minimum absolute atomic E-state index is 0.187. The van der Waals surface area contributed by atoms with E-state index in [1.807, 2.05) is 0 Å². The van der Waals surface area contributed by atoms with Crippen LogP contribution in [-0.2, 0) is 0 Å². The molecule has 11 atom stereocenters. The lowest BCUT2D eigenvalue weighted by Crippen LogP contribution is -2.58. The van der Waals surface area contributed by atoms with Gasteiger partial charge in [-0.2, -0.15) is 0 Å². The minimum atomic E-state index is -0.198. The van der Waals surface area contributed by atoms with Gasteiger partial charge < -0.3 is 10.2 Å². The van der Waals surface area contributed by atoms with Crippen molar-refractivity contribution in [1.82, 2.24) is 0 Å². The molecule has 2 heteroatoms. The molecule has 2 N–H and O–H groups in total. The number of aliphatic hydroxyl groups excluding tert-OH is 2. The van der Waals surface area contributed by atoms with Crippen LogP contribution < -0.4 is 0 Å². The van der Waals surface area contributed by atoms with E-state index in [1.54, 1.807) is 0 Å². The Morgan fingerprint density at radius 3 is 2.16 bits per heavy atom. The summed E-state index contributed by atoms with van der Waals surface area (Å²) >= 11 is 0. The molecule has 0 heterocycles. The smallest absolute Gasteiger partial charge is 0.0577 e. The molecular formula is C29H52O2. The van der Waals surface area contributed by atoms with Crippen molar-refractivity contribution >= 4 is 0 Å². The molecule has 31 heavy (non-hydrogen) atoms. The van der Waals surface area contributed by atoms with Gasteiger partial charge in [0.15, 0.2) is 0 Å². The summed E-state index contributed by atoms with van der Waals surface area (Å²) < 4.78 is 0. The van der Waals surface area contributed by atoms with Gasteiger partial charge in [0.05, 0.1) is 12.2 Å². The van der Waals surface area contributed by atoms with Gasteiger partial charge in [0.2, 0.25) is 0 Å². The Hall–Kier alpha value is -0.0800. The first-order chi connectivity index (χ1) is 14.6. The third-order valence-electron chi connectivity index (χ3n) is 11.9. The molecule has 4 aliphatic carbocycles. The van der Waals surface area contributed by atoms with Gasteiger partial charge in [-0.3, -0.25) is 0 Å². The third-order valence-corrected chi connectivity index (χ3v) is 11.9. The Bertz CT molecular complexity index is 616. The summed E-state index contributed by atoms with van der Waals surface area (Å²) in [6.07, 6.45) is 13.2. The SMILES string of the molecule is CC[C@H](CC[C@@H](C)[C@H]1CC[C@H]2[C@@H]3C[C@@H](O)[C@@H]4C[C@@H](O)CC[C@]4(C)[C@H]3CC[C@]12C)C(C)C. The Labute approximate surface area is 193 Å². The molecule has 2 nitrogen and oxygen atoms in total. The molecule has 4 fully saturated rings. The largest absolute Gasteiger partial charge is 0.393 e. The second-order valence-corrected chi connectivity index (χ2v) is 13.4. The fourth-order valence-electron chi connectivity index (χ4n) is 9.94. The van der Waals surface area contributed by atoms with Gasteiger partial charge in [0.1, 0.15) is 0 Å². The van der Waals surface area contributed by atoms with Gasteiger partial charge in [-0.25, -0.2) is 0 Å². The van der Waals surface area contributed by atoms with Gasteiger partial charge in [-0.05, 0) is 116 Å². The van der Waals surface area contributed by atoms with Gasteiger partial charge in [-0.15, -0.1) is 0 Å². The Balaban J connectivity index is 1.48. The van der Waals surface area contributed by atoms with Crippen LogP contribution >= 0.6 is 0 Å². The molecule has 0 spiro atoms. The molecule has 0 amide bonds. The first-order valence-electron chi connectivity index (χ1n) is 14.0. The van der Waals surface area contributed by atoms with E-state index in [2.05, 4.69) is 41.5 Å². The van der Waals surface area contributed by atoms with Crippen LogP contribution in [0, 0.1) is 58.2 Å². The van der Waals surface area contributed by atoms with E-state index >= 15 is 0 Å². The summed E-state index contributed by atoms with van der Waals surface area (Å²) in [4.78, 5) is 0. The van der Waals surface area contributed by atoms with Crippen molar-refractivity contribution in [2.75, 3.05) is 0 Å². The second kappa shape index (κ2) is 8.94. The van der Waals surface area contributed by atoms with E-state index < -0.39 is 0 Å². The van der Waals surface area contributed by atoms with Crippen LogP contribution in [0.2, 0.25) is 0 Å². The van der Waals surface area contributed by atoms with E-state index in [-0.39, 0.29) is 17.6 Å². The highest BCUT2D eigenvalue weighted by molar-refractivity contribution is 5.11. The van der Waals surface area contributed by atoms with Crippen molar-refractivity contribution in [1.29, 1.82) is 0 Å². The van der Waals surface area contributed by atoms with E-state index in [0.29, 0.717) is 17.3 Å². The van der Waals surface area contributed by atoms with Crippen molar-refractivity contribution in [2.24, 2.45) is 58.2 Å². The van der Waals surface area contributed by atoms with Crippen LogP contribution in [0.5, 0.6) is 0 Å². The highest BCUT2D eigenvalue weighted by Gasteiger charge is 2.62. The lowest BCUT2D eigenvalue weighted by molar-refractivity contribution is -0.172. The normalized spacial score (nSPS) is 49.3. The maximum absolute atomic E-state index is 11.2. The van der Waals surface area contributed by atoms with Crippen LogP contribution in [0.1, 0.15) is 112 Å². The summed E-state index contributed by atoms with van der Waals surface area (Å²) in [6, 6.07) is 0. The summed E-state index contributed by atoms with van der Waals surface area (Å²) in [5, 5.41) is 21.5. The van der Waals surface area contributed by atoms with Gasteiger partial charge in [0, 0.05) is 0 Å². The van der Waals surface area contributed by atoms with Crippen LogP contribution in [-0.4, -0.2) is 22.4 Å². The zero-order valence-corrected chi connectivity index (χ0v) is 21.4. The molecule has 0 unspecified atom stereocenters. The van der Waals surface area contributed by atoms with Crippen molar-refractivity contribution in [3.05, 3.63) is 0 Å². The first-order valence-corrected chi connectivity index (χ1v) is 14.0. The van der Waals surface area contributed by atoms with Gasteiger partial charge in [-0.1, -0.05) is 54.4 Å². The second-order valence-electron chi connectivity index (χ2n) is 13.4. The fraction of sp³-hybridized carbons (Fsp3) is 1.00.